The molecule has 4 aliphatic heterocycles. The van der Waals surface area contributed by atoms with Gasteiger partial charge in [0.1, 0.15) is 29.8 Å². The van der Waals surface area contributed by atoms with Crippen LogP contribution in [0.3, 0.4) is 0 Å². The van der Waals surface area contributed by atoms with Gasteiger partial charge in [-0.3, -0.25) is 9.59 Å². The number of carbonyl (C=O) groups excluding carboxylic acids is 2. The van der Waals surface area contributed by atoms with E-state index in [2.05, 4.69) is 0 Å². The number of carbonyl (C=O) groups is 2. The average Bonchev–Trinajstić information content (AvgIpc) is 3.54. The lowest BCUT2D eigenvalue weighted by molar-refractivity contribution is -0.121. The molecule has 1 saturated heterocycles. The van der Waals surface area contributed by atoms with E-state index in [9.17, 15) is 9.59 Å². The van der Waals surface area contributed by atoms with E-state index in [4.69, 9.17) is 14.2 Å². The predicted molar refractivity (Wildman–Crippen MR) is 107 cm³/mol. The molecule has 4 heterocycles. The fraction of sp³-hybridized carbons (Fsp3) is 0.391. The van der Waals surface area contributed by atoms with Crippen LogP contribution in [0, 0.1) is 0 Å². The lowest BCUT2D eigenvalue weighted by atomic mass is 9.75. The molecule has 4 aliphatic rings. The first-order chi connectivity index (χ1) is 14.2. The molecule has 1 amide bonds. The van der Waals surface area contributed by atoms with Crippen LogP contribution in [-0.2, 0) is 21.4 Å². The van der Waals surface area contributed by atoms with E-state index in [0.717, 1.165) is 54.0 Å². The molecule has 1 unspecified atom stereocenters. The van der Waals surface area contributed by atoms with Crippen molar-refractivity contribution < 1.29 is 23.8 Å². The topological polar surface area (TPSA) is 65.1 Å². The van der Waals surface area contributed by atoms with Crippen molar-refractivity contribution in [2.45, 2.75) is 24.7 Å². The molecule has 150 valence electrons. The third-order valence-electron chi connectivity index (χ3n) is 6.18. The lowest BCUT2D eigenvalue weighted by Gasteiger charge is -2.22. The molecule has 6 nitrogen and oxygen atoms in total. The van der Waals surface area contributed by atoms with E-state index in [1.165, 1.54) is 12.8 Å². The summed E-state index contributed by atoms with van der Waals surface area (Å²) in [5, 5.41) is 0. The van der Waals surface area contributed by atoms with Crippen LogP contribution < -0.4 is 14.4 Å². The molecule has 1 fully saturated rings. The number of nitrogens with zero attached hydrogens (tertiary/aromatic N) is 1. The molecule has 6 heteroatoms. The molecule has 1 atom stereocenters. The molecule has 0 saturated carbocycles. The van der Waals surface area contributed by atoms with E-state index < -0.39 is 5.41 Å². The van der Waals surface area contributed by atoms with Crippen LogP contribution >= 0.6 is 0 Å². The summed E-state index contributed by atoms with van der Waals surface area (Å²) >= 11 is 0. The van der Waals surface area contributed by atoms with Crippen LogP contribution in [0.5, 0.6) is 11.5 Å². The van der Waals surface area contributed by atoms with E-state index in [-0.39, 0.29) is 12.5 Å². The third kappa shape index (κ3) is 2.59. The number of aldehydes is 1. The summed E-state index contributed by atoms with van der Waals surface area (Å²) in [6.45, 7) is 2.86. The van der Waals surface area contributed by atoms with Crippen molar-refractivity contribution >= 4 is 17.9 Å². The fourth-order valence-electron chi connectivity index (χ4n) is 4.72. The molecule has 2 aromatic carbocycles. The molecule has 1 spiro atoms. The average molecular weight is 393 g/mol. The van der Waals surface area contributed by atoms with Gasteiger partial charge in [-0.15, -0.1) is 0 Å². The van der Waals surface area contributed by atoms with Gasteiger partial charge in [-0.1, -0.05) is 12.1 Å². The molecule has 0 bridgehead atoms. The van der Waals surface area contributed by atoms with Crippen LogP contribution in [0.15, 0.2) is 30.3 Å². The van der Waals surface area contributed by atoms with Crippen LogP contribution in [0.25, 0.3) is 0 Å². The number of rotatable bonds is 1. The highest BCUT2D eigenvalue weighted by atomic mass is 16.5. The SMILES string of the molecule is C1CCOC1.CN1C(=O)C2(COc3cc4c(cc32)CCO4)c2c(C=O)cccc21. The van der Waals surface area contributed by atoms with Gasteiger partial charge >= 0.3 is 0 Å². The Morgan fingerprint density at radius 2 is 1.90 bits per heavy atom. The maximum atomic E-state index is 13.2. The van der Waals surface area contributed by atoms with Crippen molar-refractivity contribution in [3.8, 4) is 11.5 Å². The van der Waals surface area contributed by atoms with Gasteiger partial charge in [0, 0.05) is 55.1 Å². The summed E-state index contributed by atoms with van der Waals surface area (Å²) in [5.74, 6) is 1.45. The van der Waals surface area contributed by atoms with Gasteiger partial charge in [0.15, 0.2) is 0 Å². The van der Waals surface area contributed by atoms with Crippen molar-refractivity contribution in [2.75, 3.05) is 38.4 Å². The zero-order valence-corrected chi connectivity index (χ0v) is 16.4. The van der Waals surface area contributed by atoms with Gasteiger partial charge in [0.2, 0.25) is 5.91 Å². The molecule has 0 radical (unpaired) electrons. The lowest BCUT2D eigenvalue weighted by Crippen LogP contribution is -2.41. The Kier molecular flexibility index (Phi) is 4.32. The highest BCUT2D eigenvalue weighted by Gasteiger charge is 2.57. The Hall–Kier alpha value is -2.86. The largest absolute Gasteiger partial charge is 0.493 e. The van der Waals surface area contributed by atoms with Gasteiger partial charge in [0.25, 0.3) is 0 Å². The zero-order chi connectivity index (χ0) is 20.0. The van der Waals surface area contributed by atoms with Gasteiger partial charge in [-0.2, -0.15) is 0 Å². The number of hydrogen-bond donors (Lipinski definition) is 0. The fourth-order valence-corrected chi connectivity index (χ4v) is 4.72. The standard InChI is InChI=1S/C19H15NO4.C4H8O/c1-20-14-4-2-3-12(9-21)17(14)19(18(20)22)10-24-16-8-15-11(5-6-23-15)7-13(16)19;1-2-4-5-3-1/h2-4,7-9H,5-6,10H2,1H3;1-4H2. The maximum absolute atomic E-state index is 13.2. The molecule has 0 N–H and O–H groups in total. The molecule has 6 rings (SSSR count). The highest BCUT2D eigenvalue weighted by Crippen LogP contribution is 2.54. The van der Waals surface area contributed by atoms with Gasteiger partial charge < -0.3 is 19.1 Å². The van der Waals surface area contributed by atoms with Crippen molar-refractivity contribution in [1.82, 2.24) is 0 Å². The molecule has 0 aliphatic carbocycles. The minimum Gasteiger partial charge on any atom is -0.493 e. The van der Waals surface area contributed by atoms with Crippen LogP contribution in [0.1, 0.15) is 39.9 Å². The first-order valence-corrected chi connectivity index (χ1v) is 10.0. The Balaban J connectivity index is 0.000000319. The molecular formula is C23H23NO5. The molecule has 2 aromatic rings. The Labute approximate surface area is 169 Å². The van der Waals surface area contributed by atoms with E-state index in [1.54, 1.807) is 24.1 Å². The van der Waals surface area contributed by atoms with Gasteiger partial charge in [-0.05, 0) is 30.5 Å². The molecule has 0 aromatic heterocycles. The van der Waals surface area contributed by atoms with Crippen molar-refractivity contribution in [3.63, 3.8) is 0 Å². The maximum Gasteiger partial charge on any atom is 0.245 e. The molecular weight excluding hydrogens is 370 g/mol. The van der Waals surface area contributed by atoms with Crippen LogP contribution in [0.4, 0.5) is 5.69 Å². The second-order valence-corrected chi connectivity index (χ2v) is 7.79. The summed E-state index contributed by atoms with van der Waals surface area (Å²) in [4.78, 5) is 26.5. The monoisotopic (exact) mass is 393 g/mol. The number of ether oxygens (including phenoxy) is 3. The summed E-state index contributed by atoms with van der Waals surface area (Å²) in [6.07, 6.45) is 4.20. The predicted octanol–water partition coefficient (Wildman–Crippen LogP) is 2.89. The van der Waals surface area contributed by atoms with Crippen LogP contribution in [-0.4, -0.2) is 45.7 Å². The summed E-state index contributed by atoms with van der Waals surface area (Å²) < 4.78 is 16.4. The number of anilines is 1. The highest BCUT2D eigenvalue weighted by molar-refractivity contribution is 6.13. The minimum absolute atomic E-state index is 0.0515. The normalized spacial score (nSPS) is 23.1. The smallest absolute Gasteiger partial charge is 0.245 e. The number of likely N-dealkylation sites (N-methyl/N-ethyl adjacent to an activating group) is 1. The summed E-state index contributed by atoms with van der Waals surface area (Å²) in [5.41, 5.74) is 3.07. The summed E-state index contributed by atoms with van der Waals surface area (Å²) in [7, 11) is 1.75. The quantitative estimate of drug-likeness (QED) is 0.697. The van der Waals surface area contributed by atoms with Crippen molar-refractivity contribution in [2.24, 2.45) is 0 Å². The number of amides is 1. The van der Waals surface area contributed by atoms with Crippen molar-refractivity contribution in [3.05, 3.63) is 52.6 Å². The Bertz CT molecular complexity index is 989. The minimum atomic E-state index is -0.936. The zero-order valence-electron chi connectivity index (χ0n) is 16.4. The van der Waals surface area contributed by atoms with E-state index >= 15 is 0 Å². The number of hydrogen-bond acceptors (Lipinski definition) is 5. The van der Waals surface area contributed by atoms with E-state index in [1.807, 2.05) is 18.2 Å². The second-order valence-electron chi connectivity index (χ2n) is 7.79. The first kappa shape index (κ1) is 18.2. The van der Waals surface area contributed by atoms with Crippen LogP contribution in [0.2, 0.25) is 0 Å². The number of fused-ring (bicyclic) bond motifs is 5. The van der Waals surface area contributed by atoms with Crippen molar-refractivity contribution in [1.29, 1.82) is 0 Å². The first-order valence-electron chi connectivity index (χ1n) is 10.0. The third-order valence-corrected chi connectivity index (χ3v) is 6.18. The molecule has 29 heavy (non-hydrogen) atoms. The Morgan fingerprint density at radius 1 is 1.07 bits per heavy atom. The Morgan fingerprint density at radius 3 is 2.62 bits per heavy atom. The van der Waals surface area contributed by atoms with E-state index in [0.29, 0.717) is 17.9 Å². The number of benzene rings is 2. The van der Waals surface area contributed by atoms with Gasteiger partial charge in [0.05, 0.1) is 6.61 Å². The van der Waals surface area contributed by atoms with Gasteiger partial charge in [-0.25, -0.2) is 0 Å². The second kappa shape index (κ2) is 6.88. The summed E-state index contributed by atoms with van der Waals surface area (Å²) in [6, 6.07) is 9.34.